The zero-order valence-corrected chi connectivity index (χ0v) is 14.5. The Hall–Kier alpha value is -0.160. The van der Waals surface area contributed by atoms with Gasteiger partial charge in [-0.2, -0.15) is 0 Å². The lowest BCUT2D eigenvalue weighted by atomic mass is 9.88. The van der Waals surface area contributed by atoms with E-state index in [1.165, 1.54) is 0 Å². The molecule has 20 heavy (non-hydrogen) atoms. The van der Waals surface area contributed by atoms with Crippen LogP contribution >= 0.6 is 0 Å². The van der Waals surface area contributed by atoms with Crippen molar-refractivity contribution in [2.24, 2.45) is 5.73 Å². The van der Waals surface area contributed by atoms with Gasteiger partial charge in [-0.05, 0) is 73.4 Å². The van der Waals surface area contributed by atoms with Crippen molar-refractivity contribution < 1.29 is 5.11 Å². The van der Waals surface area contributed by atoms with Gasteiger partial charge < -0.3 is 21.5 Å². The fraction of sp³-hybridized carbons (Fsp3) is 1.00. The summed E-state index contributed by atoms with van der Waals surface area (Å²) in [7, 11) is 0. The molecule has 0 aliphatic carbocycles. The van der Waals surface area contributed by atoms with Gasteiger partial charge in [0.1, 0.15) is 0 Å². The summed E-state index contributed by atoms with van der Waals surface area (Å²) >= 11 is 0. The molecule has 5 N–H and O–H groups in total. The van der Waals surface area contributed by atoms with Crippen LogP contribution in [0.1, 0.15) is 67.2 Å². The van der Waals surface area contributed by atoms with Crippen LogP contribution in [-0.4, -0.2) is 41.4 Å². The molecule has 0 heterocycles. The molecule has 122 valence electrons. The van der Waals surface area contributed by atoms with Gasteiger partial charge >= 0.3 is 0 Å². The van der Waals surface area contributed by atoms with E-state index in [0.717, 1.165) is 32.2 Å². The van der Waals surface area contributed by atoms with Gasteiger partial charge in [0, 0.05) is 23.2 Å². The normalized spacial score (nSPS) is 16.2. The Morgan fingerprint density at radius 1 is 0.950 bits per heavy atom. The number of hydrogen-bond acceptors (Lipinski definition) is 4. The van der Waals surface area contributed by atoms with Crippen LogP contribution in [0.25, 0.3) is 0 Å². The van der Waals surface area contributed by atoms with Crippen molar-refractivity contribution in [3.63, 3.8) is 0 Å². The van der Waals surface area contributed by atoms with E-state index in [4.69, 9.17) is 5.73 Å². The maximum atomic E-state index is 9.21. The number of nitrogens with two attached hydrogens (primary N) is 1. The van der Waals surface area contributed by atoms with E-state index in [9.17, 15) is 5.11 Å². The first-order valence-electron chi connectivity index (χ1n) is 7.95. The van der Waals surface area contributed by atoms with E-state index in [2.05, 4.69) is 52.2 Å². The summed E-state index contributed by atoms with van der Waals surface area (Å²) in [6, 6.07) is 0. The number of aliphatic hydroxyl groups excluding tert-OH is 1. The van der Waals surface area contributed by atoms with Crippen LogP contribution in [-0.2, 0) is 0 Å². The van der Waals surface area contributed by atoms with Crippen LogP contribution in [0.15, 0.2) is 0 Å². The van der Waals surface area contributed by atoms with Gasteiger partial charge in [0.2, 0.25) is 0 Å². The fourth-order valence-corrected chi connectivity index (χ4v) is 2.62. The SMILES string of the molecule is CCC(C)(CCO)NC(C)(C)CCNC(C)(C)CCN. The fourth-order valence-electron chi connectivity index (χ4n) is 2.62. The standard InChI is InChI=1S/C16H37N3O/c1-7-16(6,10-13-20)19-15(4,5)9-12-18-14(2,3)8-11-17/h18-20H,7-13,17H2,1-6H3. The molecule has 0 amide bonds. The molecule has 1 unspecified atom stereocenters. The third kappa shape index (κ3) is 8.20. The summed E-state index contributed by atoms with van der Waals surface area (Å²) in [5.41, 5.74) is 5.78. The molecule has 0 bridgehead atoms. The number of aliphatic hydroxyl groups is 1. The molecule has 0 radical (unpaired) electrons. The van der Waals surface area contributed by atoms with Gasteiger partial charge in [0.15, 0.2) is 0 Å². The molecular weight excluding hydrogens is 250 g/mol. The van der Waals surface area contributed by atoms with Crippen molar-refractivity contribution in [1.29, 1.82) is 0 Å². The van der Waals surface area contributed by atoms with Crippen LogP contribution in [0.5, 0.6) is 0 Å². The molecule has 0 fully saturated rings. The second kappa shape index (κ2) is 8.32. The average Bonchev–Trinajstić information content (AvgIpc) is 2.27. The lowest BCUT2D eigenvalue weighted by molar-refractivity contribution is 0.170. The summed E-state index contributed by atoms with van der Waals surface area (Å²) in [5.74, 6) is 0. The summed E-state index contributed by atoms with van der Waals surface area (Å²) in [4.78, 5) is 0. The highest BCUT2D eigenvalue weighted by molar-refractivity contribution is 4.91. The van der Waals surface area contributed by atoms with Crippen molar-refractivity contribution in [2.75, 3.05) is 19.7 Å². The Morgan fingerprint density at radius 3 is 2.00 bits per heavy atom. The third-order valence-corrected chi connectivity index (χ3v) is 4.21. The van der Waals surface area contributed by atoms with Crippen LogP contribution < -0.4 is 16.4 Å². The average molecular weight is 287 g/mol. The first kappa shape index (κ1) is 19.8. The van der Waals surface area contributed by atoms with Gasteiger partial charge in [-0.3, -0.25) is 0 Å². The molecule has 4 heteroatoms. The molecular formula is C16H37N3O. The summed E-state index contributed by atoms with van der Waals surface area (Å²) < 4.78 is 0. The zero-order chi connectivity index (χ0) is 15.9. The Balaban J connectivity index is 4.31. The van der Waals surface area contributed by atoms with Gasteiger partial charge in [-0.15, -0.1) is 0 Å². The highest BCUT2D eigenvalue weighted by atomic mass is 16.3. The molecule has 0 rings (SSSR count). The molecule has 0 saturated carbocycles. The van der Waals surface area contributed by atoms with E-state index in [1.807, 2.05) is 0 Å². The Bertz CT molecular complexity index is 266. The second-order valence-electron chi connectivity index (χ2n) is 7.50. The lowest BCUT2D eigenvalue weighted by Gasteiger charge is -2.40. The predicted molar refractivity (Wildman–Crippen MR) is 88.0 cm³/mol. The van der Waals surface area contributed by atoms with E-state index in [-0.39, 0.29) is 23.2 Å². The molecule has 0 aliphatic rings. The Labute approximate surface area is 125 Å². The molecule has 0 saturated heterocycles. The summed E-state index contributed by atoms with van der Waals surface area (Å²) in [6.07, 6.45) is 3.84. The molecule has 0 spiro atoms. The minimum Gasteiger partial charge on any atom is -0.396 e. The van der Waals surface area contributed by atoms with Crippen LogP contribution in [0.3, 0.4) is 0 Å². The van der Waals surface area contributed by atoms with Gasteiger partial charge in [0.05, 0.1) is 0 Å². The molecule has 0 aromatic heterocycles. The van der Waals surface area contributed by atoms with Crippen molar-refractivity contribution >= 4 is 0 Å². The quantitative estimate of drug-likeness (QED) is 0.469. The van der Waals surface area contributed by atoms with Crippen molar-refractivity contribution in [3.8, 4) is 0 Å². The predicted octanol–water partition coefficient (Wildman–Crippen LogP) is 2.01. The Kier molecular flexibility index (Phi) is 8.26. The van der Waals surface area contributed by atoms with Crippen molar-refractivity contribution in [1.82, 2.24) is 10.6 Å². The van der Waals surface area contributed by atoms with Gasteiger partial charge in [-0.25, -0.2) is 0 Å². The zero-order valence-electron chi connectivity index (χ0n) is 14.5. The molecule has 0 aromatic rings. The van der Waals surface area contributed by atoms with Gasteiger partial charge in [0.25, 0.3) is 0 Å². The van der Waals surface area contributed by atoms with Crippen molar-refractivity contribution in [2.45, 2.75) is 83.8 Å². The highest BCUT2D eigenvalue weighted by Gasteiger charge is 2.29. The maximum absolute atomic E-state index is 9.21. The molecule has 0 aromatic carbocycles. The van der Waals surface area contributed by atoms with Crippen LogP contribution in [0.2, 0.25) is 0 Å². The van der Waals surface area contributed by atoms with E-state index in [1.54, 1.807) is 0 Å². The first-order valence-corrected chi connectivity index (χ1v) is 7.95. The second-order valence-corrected chi connectivity index (χ2v) is 7.50. The van der Waals surface area contributed by atoms with Crippen LogP contribution in [0, 0.1) is 0 Å². The molecule has 4 nitrogen and oxygen atoms in total. The summed E-state index contributed by atoms with van der Waals surface area (Å²) in [5, 5.41) is 16.5. The monoisotopic (exact) mass is 287 g/mol. The summed E-state index contributed by atoms with van der Waals surface area (Å²) in [6.45, 7) is 15.1. The van der Waals surface area contributed by atoms with Crippen molar-refractivity contribution in [3.05, 3.63) is 0 Å². The Morgan fingerprint density at radius 2 is 1.55 bits per heavy atom. The minimum atomic E-state index is 0.00499. The smallest absolute Gasteiger partial charge is 0.0448 e. The van der Waals surface area contributed by atoms with E-state index < -0.39 is 0 Å². The van der Waals surface area contributed by atoms with E-state index in [0.29, 0.717) is 6.54 Å². The van der Waals surface area contributed by atoms with Gasteiger partial charge in [-0.1, -0.05) is 6.92 Å². The molecule has 1 atom stereocenters. The highest BCUT2D eigenvalue weighted by Crippen LogP contribution is 2.21. The molecule has 0 aliphatic heterocycles. The van der Waals surface area contributed by atoms with E-state index >= 15 is 0 Å². The third-order valence-electron chi connectivity index (χ3n) is 4.21. The lowest BCUT2D eigenvalue weighted by Crippen LogP contribution is -2.55. The van der Waals surface area contributed by atoms with Crippen LogP contribution in [0.4, 0.5) is 0 Å². The first-order chi connectivity index (χ1) is 9.10. The maximum Gasteiger partial charge on any atom is 0.0448 e. The number of hydrogen-bond donors (Lipinski definition) is 4. The topological polar surface area (TPSA) is 70.3 Å². The largest absolute Gasteiger partial charge is 0.396 e. The number of rotatable bonds is 11. The number of nitrogens with one attached hydrogen (secondary N) is 2. The minimum absolute atomic E-state index is 0.00499.